The van der Waals surface area contributed by atoms with Crippen molar-refractivity contribution in [3.8, 4) is 5.75 Å². The van der Waals surface area contributed by atoms with E-state index >= 15 is 0 Å². The maximum Gasteiger partial charge on any atom is 0.254 e. The third-order valence-electron chi connectivity index (χ3n) is 5.60. The predicted octanol–water partition coefficient (Wildman–Crippen LogP) is 2.85. The molecule has 5 N–H and O–H groups in total. The molecule has 32 heavy (non-hydrogen) atoms. The number of aromatic nitrogens is 2. The van der Waals surface area contributed by atoms with Gasteiger partial charge in [-0.05, 0) is 42.2 Å². The zero-order valence-electron chi connectivity index (χ0n) is 17.6. The summed E-state index contributed by atoms with van der Waals surface area (Å²) >= 11 is 0. The first kappa shape index (κ1) is 21.2. The smallest absolute Gasteiger partial charge is 0.254 e. The van der Waals surface area contributed by atoms with Crippen molar-refractivity contribution in [3.05, 3.63) is 83.6 Å². The van der Waals surface area contributed by atoms with Crippen molar-refractivity contribution in [1.29, 1.82) is 0 Å². The summed E-state index contributed by atoms with van der Waals surface area (Å²) in [6.45, 7) is 4.25. The van der Waals surface area contributed by atoms with Crippen LogP contribution in [0.1, 0.15) is 39.5 Å². The van der Waals surface area contributed by atoms with E-state index in [2.05, 4.69) is 11.9 Å². The summed E-state index contributed by atoms with van der Waals surface area (Å²) in [6, 6.07) is 15.2. The lowest BCUT2D eigenvalue weighted by atomic mass is 9.91. The topological polar surface area (TPSA) is 125 Å². The molecule has 0 aliphatic carbocycles. The average molecular weight is 431 g/mol. The van der Waals surface area contributed by atoms with Gasteiger partial charge in [0, 0.05) is 11.6 Å². The Balaban J connectivity index is 1.70. The zero-order valence-corrected chi connectivity index (χ0v) is 17.6. The molecule has 1 aliphatic heterocycles. The fourth-order valence-corrected chi connectivity index (χ4v) is 4.00. The first-order valence-electron chi connectivity index (χ1n) is 10.4. The molecule has 1 atom stereocenters. The Morgan fingerprint density at radius 2 is 1.97 bits per heavy atom. The van der Waals surface area contributed by atoms with Crippen LogP contribution in [0.5, 0.6) is 5.75 Å². The molecule has 0 spiro atoms. The molecule has 8 nitrogen and oxygen atoms in total. The third-order valence-corrected chi connectivity index (χ3v) is 5.60. The van der Waals surface area contributed by atoms with E-state index in [-0.39, 0.29) is 29.8 Å². The number of carbonyl (C=O) groups is 2. The first-order valence-corrected chi connectivity index (χ1v) is 10.4. The number of hydrogen-bond donors (Lipinski definition) is 3. The van der Waals surface area contributed by atoms with Crippen molar-refractivity contribution < 1.29 is 14.3 Å². The molecule has 0 bridgehead atoms. The molecule has 1 aromatic heterocycles. The number of ether oxygens (including phenoxy) is 1. The third kappa shape index (κ3) is 4.20. The molecular formula is C24H25N5O3. The SMILES string of the molecule is C=CC(=O)Nc1ccccc1Cn1nc(C2CCOc3ccccc3C2)c(C(N)=O)c1N. The van der Waals surface area contributed by atoms with Gasteiger partial charge in [-0.3, -0.25) is 9.59 Å². The number of rotatable bonds is 6. The highest BCUT2D eigenvalue weighted by Crippen LogP contribution is 2.35. The highest BCUT2D eigenvalue weighted by molar-refractivity contribution is 6.00. The van der Waals surface area contributed by atoms with Crippen molar-refractivity contribution in [1.82, 2.24) is 9.78 Å². The van der Waals surface area contributed by atoms with Crippen molar-refractivity contribution >= 4 is 23.3 Å². The Bertz CT molecular complexity index is 1180. The molecule has 2 amide bonds. The Kier molecular flexibility index (Phi) is 5.93. The van der Waals surface area contributed by atoms with E-state index in [1.54, 1.807) is 10.7 Å². The molecule has 4 rings (SSSR count). The molecule has 0 radical (unpaired) electrons. The van der Waals surface area contributed by atoms with Gasteiger partial charge in [0.25, 0.3) is 5.91 Å². The van der Waals surface area contributed by atoms with Crippen LogP contribution < -0.4 is 21.5 Å². The molecular weight excluding hydrogens is 406 g/mol. The monoisotopic (exact) mass is 431 g/mol. The van der Waals surface area contributed by atoms with Crippen LogP contribution in [-0.4, -0.2) is 28.2 Å². The van der Waals surface area contributed by atoms with E-state index in [0.717, 1.165) is 16.9 Å². The second kappa shape index (κ2) is 8.97. The maximum atomic E-state index is 12.3. The van der Waals surface area contributed by atoms with Crippen LogP contribution in [0, 0.1) is 0 Å². The Hall–Kier alpha value is -4.07. The standard InChI is InChI=1S/C24H25N5O3/c1-2-20(30)27-18-9-5-3-8-17(18)14-29-23(25)21(24(26)31)22(28-29)16-11-12-32-19-10-6-4-7-15(19)13-16/h2-10,16H,1,11-14,25H2,(H2,26,31)(H,27,30). The minimum absolute atomic E-state index is 0.0691. The number of nitrogens with one attached hydrogen (secondary N) is 1. The maximum absolute atomic E-state index is 12.3. The fraction of sp³-hybridized carbons (Fsp3) is 0.208. The highest BCUT2D eigenvalue weighted by atomic mass is 16.5. The van der Waals surface area contributed by atoms with Gasteiger partial charge >= 0.3 is 0 Å². The second-order valence-corrected chi connectivity index (χ2v) is 7.66. The van der Waals surface area contributed by atoms with E-state index in [1.165, 1.54) is 6.08 Å². The summed E-state index contributed by atoms with van der Waals surface area (Å²) < 4.78 is 7.43. The summed E-state index contributed by atoms with van der Waals surface area (Å²) in [5.41, 5.74) is 15.3. The quantitative estimate of drug-likeness (QED) is 0.518. The van der Waals surface area contributed by atoms with E-state index in [0.29, 0.717) is 30.8 Å². The number of nitrogen functional groups attached to an aromatic ring is 1. The molecule has 2 heterocycles. The van der Waals surface area contributed by atoms with Gasteiger partial charge in [0.15, 0.2) is 0 Å². The minimum Gasteiger partial charge on any atom is -0.493 e. The van der Waals surface area contributed by atoms with E-state index in [1.807, 2.05) is 42.5 Å². The van der Waals surface area contributed by atoms with Crippen LogP contribution in [0.4, 0.5) is 11.5 Å². The molecule has 164 valence electrons. The van der Waals surface area contributed by atoms with E-state index in [9.17, 15) is 9.59 Å². The molecule has 0 fully saturated rings. The van der Waals surface area contributed by atoms with E-state index < -0.39 is 5.91 Å². The lowest BCUT2D eigenvalue weighted by molar-refractivity contribution is -0.111. The molecule has 2 aromatic carbocycles. The number of hydrogen-bond acceptors (Lipinski definition) is 5. The van der Waals surface area contributed by atoms with Crippen LogP contribution in [0.3, 0.4) is 0 Å². The van der Waals surface area contributed by atoms with Crippen LogP contribution in [0.15, 0.2) is 61.2 Å². The van der Waals surface area contributed by atoms with Gasteiger partial charge in [-0.2, -0.15) is 5.10 Å². The Morgan fingerprint density at radius 1 is 1.22 bits per heavy atom. The molecule has 8 heteroatoms. The lowest BCUT2D eigenvalue weighted by Gasteiger charge is -2.12. The number of fused-ring (bicyclic) bond motifs is 1. The van der Waals surface area contributed by atoms with Crippen LogP contribution in [0.2, 0.25) is 0 Å². The van der Waals surface area contributed by atoms with Crippen molar-refractivity contribution in [2.45, 2.75) is 25.3 Å². The highest BCUT2D eigenvalue weighted by Gasteiger charge is 2.29. The van der Waals surface area contributed by atoms with Gasteiger partial charge in [-0.25, -0.2) is 4.68 Å². The van der Waals surface area contributed by atoms with Gasteiger partial charge in [-0.1, -0.05) is 43.0 Å². The predicted molar refractivity (Wildman–Crippen MR) is 123 cm³/mol. The molecule has 1 unspecified atom stereocenters. The fourth-order valence-electron chi connectivity index (χ4n) is 4.00. The van der Waals surface area contributed by atoms with Gasteiger partial charge in [0.05, 0.1) is 18.8 Å². The van der Waals surface area contributed by atoms with Crippen LogP contribution in [-0.2, 0) is 17.8 Å². The summed E-state index contributed by atoms with van der Waals surface area (Å²) in [5.74, 6) is 0.0445. The minimum atomic E-state index is -0.615. The number of amides is 2. The largest absolute Gasteiger partial charge is 0.493 e. The average Bonchev–Trinajstić information content (AvgIpc) is 2.96. The zero-order chi connectivity index (χ0) is 22.7. The molecule has 0 saturated carbocycles. The van der Waals surface area contributed by atoms with Gasteiger partial charge in [0.1, 0.15) is 17.1 Å². The van der Waals surface area contributed by atoms with Gasteiger partial charge < -0.3 is 21.5 Å². The van der Waals surface area contributed by atoms with Crippen molar-refractivity contribution in [3.63, 3.8) is 0 Å². The summed E-state index contributed by atoms with van der Waals surface area (Å²) in [7, 11) is 0. The van der Waals surface area contributed by atoms with E-state index in [4.69, 9.17) is 21.3 Å². The first-order chi connectivity index (χ1) is 15.5. The lowest BCUT2D eigenvalue weighted by Crippen LogP contribution is -2.17. The summed E-state index contributed by atoms with van der Waals surface area (Å²) in [6.07, 6.45) is 2.55. The number of anilines is 2. The molecule has 0 saturated heterocycles. The number of nitrogens with zero attached hydrogens (tertiary/aromatic N) is 2. The van der Waals surface area contributed by atoms with Crippen molar-refractivity contribution in [2.24, 2.45) is 5.73 Å². The normalized spacial score (nSPS) is 15.2. The summed E-state index contributed by atoms with van der Waals surface area (Å²) in [5, 5.41) is 7.49. The van der Waals surface area contributed by atoms with Gasteiger partial charge in [0.2, 0.25) is 5.91 Å². The number of primary amides is 1. The van der Waals surface area contributed by atoms with Crippen molar-refractivity contribution in [2.75, 3.05) is 17.7 Å². The van der Waals surface area contributed by atoms with Crippen LogP contribution >= 0.6 is 0 Å². The number of para-hydroxylation sites is 2. The summed E-state index contributed by atoms with van der Waals surface area (Å²) in [4.78, 5) is 24.1. The Labute approximate surface area is 185 Å². The number of carbonyl (C=O) groups excluding carboxylic acids is 2. The van der Waals surface area contributed by atoms with Crippen LogP contribution in [0.25, 0.3) is 0 Å². The number of nitrogens with two attached hydrogens (primary N) is 2. The molecule has 1 aliphatic rings. The Morgan fingerprint density at radius 3 is 2.75 bits per heavy atom. The second-order valence-electron chi connectivity index (χ2n) is 7.66. The van der Waals surface area contributed by atoms with Gasteiger partial charge in [-0.15, -0.1) is 0 Å². The number of benzene rings is 2. The molecule has 3 aromatic rings.